The first kappa shape index (κ1) is 18.1. The third-order valence-corrected chi connectivity index (χ3v) is 7.11. The smallest absolute Gasteiger partial charge is 0.260 e. The summed E-state index contributed by atoms with van der Waals surface area (Å²) in [7, 11) is 0. The molecule has 0 N–H and O–H groups in total. The summed E-state index contributed by atoms with van der Waals surface area (Å²) in [4.78, 5) is 0. The van der Waals surface area contributed by atoms with Gasteiger partial charge in [-0.05, 0) is 82.4 Å². The quantitative estimate of drug-likeness (QED) is 0.284. The molecule has 0 amide bonds. The van der Waals surface area contributed by atoms with E-state index < -0.39 is 0 Å². The van der Waals surface area contributed by atoms with Crippen LogP contribution in [-0.4, -0.2) is 6.71 Å². The van der Waals surface area contributed by atoms with Crippen LogP contribution in [0.5, 0.6) is 23.0 Å². The summed E-state index contributed by atoms with van der Waals surface area (Å²) >= 11 is 0. The lowest BCUT2D eigenvalue weighted by molar-refractivity contribution is 0.464. The Labute approximate surface area is 208 Å². The van der Waals surface area contributed by atoms with Gasteiger partial charge in [-0.2, -0.15) is 0 Å². The summed E-state index contributed by atoms with van der Waals surface area (Å²) in [6.45, 7) is 3.95. The fraction of sp³-hybridized carbons (Fsp3) is 0.0625. The summed E-state index contributed by atoms with van der Waals surface area (Å²) in [6.07, 6.45) is 0. The molecule has 2 nitrogen and oxygen atoms in total. The fourth-order valence-corrected chi connectivity index (χ4v) is 5.34. The van der Waals surface area contributed by atoms with E-state index in [0.29, 0.717) is 35.1 Å². The summed E-state index contributed by atoms with van der Waals surface area (Å²) in [5.74, 6) is 2.53. The molecule has 0 fully saturated rings. The van der Waals surface area contributed by atoms with E-state index in [1.807, 2.05) is 66.7 Å². The van der Waals surface area contributed by atoms with Gasteiger partial charge in [0, 0.05) is 5.46 Å². The molecule has 0 aliphatic carbocycles. The van der Waals surface area contributed by atoms with Gasteiger partial charge in [0.2, 0.25) is 0 Å². The van der Waals surface area contributed by atoms with Gasteiger partial charge in [-0.15, -0.1) is 0 Å². The average Bonchev–Trinajstić information content (AvgIpc) is 2.91. The van der Waals surface area contributed by atoms with Crippen LogP contribution in [0.25, 0.3) is 22.3 Å². The zero-order valence-electron chi connectivity index (χ0n) is 21.6. The normalized spacial score (nSPS) is 13.5. The van der Waals surface area contributed by atoms with E-state index in [0.717, 1.165) is 49.8 Å². The van der Waals surface area contributed by atoms with Crippen molar-refractivity contribution in [2.75, 3.05) is 0 Å². The van der Waals surface area contributed by atoms with Crippen LogP contribution < -0.4 is 25.9 Å². The maximum atomic E-state index is 9.14. The van der Waals surface area contributed by atoms with E-state index >= 15 is 0 Å². The van der Waals surface area contributed by atoms with Crippen molar-refractivity contribution < 1.29 is 12.2 Å². The molecule has 0 radical (unpaired) electrons. The van der Waals surface area contributed by atoms with Gasteiger partial charge >= 0.3 is 0 Å². The Morgan fingerprint density at radius 1 is 0.543 bits per heavy atom. The molecule has 2 aliphatic heterocycles. The fourth-order valence-electron chi connectivity index (χ4n) is 5.34. The maximum Gasteiger partial charge on any atom is 0.260 e. The molecule has 0 unspecified atom stereocenters. The highest BCUT2D eigenvalue weighted by Crippen LogP contribution is 2.37. The van der Waals surface area contributed by atoms with Crippen molar-refractivity contribution in [2.24, 2.45) is 0 Å². The first-order valence-corrected chi connectivity index (χ1v) is 11.9. The second-order valence-electron chi connectivity index (χ2n) is 9.25. The van der Waals surface area contributed by atoms with Gasteiger partial charge in [0.15, 0.2) is 0 Å². The molecule has 2 heterocycles. The van der Waals surface area contributed by atoms with Gasteiger partial charge in [0.05, 0.1) is 2.74 Å². The summed E-state index contributed by atoms with van der Waals surface area (Å²) in [6, 6.07) is 31.0. The van der Waals surface area contributed by atoms with Gasteiger partial charge in [0.1, 0.15) is 23.0 Å². The number of rotatable bonds is 2. The van der Waals surface area contributed by atoms with E-state index in [2.05, 4.69) is 38.1 Å². The first-order chi connectivity index (χ1) is 18.0. The van der Waals surface area contributed by atoms with Crippen LogP contribution in [-0.2, 0) is 0 Å². The Kier molecular flexibility index (Phi) is 3.96. The minimum atomic E-state index is -0.177. The lowest BCUT2D eigenvalue weighted by Gasteiger charge is -2.33. The SMILES string of the molecule is [2H]c1c(-c2ccccc2C)ccc2c1Oc1cccc3c1B2c1ccc(-c2ccccc2C)c([2H])c1O3. The van der Waals surface area contributed by atoms with Gasteiger partial charge in [-0.25, -0.2) is 0 Å². The predicted octanol–water partition coefficient (Wildman–Crippen LogP) is 6.37. The molecule has 2 aliphatic rings. The molecule has 3 heteroatoms. The zero-order chi connectivity index (χ0) is 25.3. The van der Waals surface area contributed by atoms with E-state index in [1.165, 1.54) is 0 Å². The Balaban J connectivity index is 1.45. The number of hydrogen-bond acceptors (Lipinski definition) is 2. The number of benzene rings is 5. The molecule has 0 atom stereocenters. The molecule has 5 aromatic rings. The third-order valence-electron chi connectivity index (χ3n) is 7.11. The number of aryl methyl sites for hydroxylation is 2. The minimum Gasteiger partial charge on any atom is -0.458 e. The Hall–Kier alpha value is -4.24. The number of fused-ring (bicyclic) bond motifs is 4. The average molecular weight is 452 g/mol. The lowest BCUT2D eigenvalue weighted by Crippen LogP contribution is -2.57. The topological polar surface area (TPSA) is 18.5 Å². The predicted molar refractivity (Wildman–Crippen MR) is 144 cm³/mol. The number of hydrogen-bond donors (Lipinski definition) is 0. The highest BCUT2D eigenvalue weighted by Gasteiger charge is 2.40. The molecule has 0 spiro atoms. The molecule has 166 valence electrons. The second-order valence-corrected chi connectivity index (χ2v) is 9.25. The monoisotopic (exact) mass is 452 g/mol. The van der Waals surface area contributed by atoms with E-state index in [-0.39, 0.29) is 6.71 Å². The van der Waals surface area contributed by atoms with Crippen molar-refractivity contribution in [2.45, 2.75) is 13.8 Å². The zero-order valence-corrected chi connectivity index (χ0v) is 19.6. The highest BCUT2D eigenvalue weighted by molar-refractivity contribution is 6.98. The molecular weight excluding hydrogens is 427 g/mol. The molecule has 7 rings (SSSR count). The van der Waals surface area contributed by atoms with Crippen molar-refractivity contribution in [3.63, 3.8) is 0 Å². The molecular formula is C32H23BO2. The van der Waals surface area contributed by atoms with Gasteiger partial charge < -0.3 is 9.47 Å². The maximum absolute atomic E-state index is 9.14. The van der Waals surface area contributed by atoms with Crippen LogP contribution in [0, 0.1) is 13.8 Å². The number of ether oxygens (including phenoxy) is 2. The van der Waals surface area contributed by atoms with Gasteiger partial charge in [-0.1, -0.05) is 78.9 Å². The molecule has 0 saturated heterocycles. The van der Waals surface area contributed by atoms with E-state index in [9.17, 15) is 0 Å². The van der Waals surface area contributed by atoms with Crippen LogP contribution in [0.1, 0.15) is 13.9 Å². The van der Waals surface area contributed by atoms with E-state index in [4.69, 9.17) is 12.2 Å². The second kappa shape index (κ2) is 7.64. The van der Waals surface area contributed by atoms with Crippen LogP contribution in [0.2, 0.25) is 0 Å². The van der Waals surface area contributed by atoms with Crippen molar-refractivity contribution in [3.8, 4) is 45.3 Å². The highest BCUT2D eigenvalue weighted by atomic mass is 16.5. The standard InChI is InChI=1S/C32H23BO2/c1-20-8-3-5-10-24(20)22-14-16-26-30(18-22)34-28-12-7-13-29-32(28)33(26)27-17-15-23(19-31(27)35-29)25-11-6-4-9-21(25)2/h3-19H,1-2H3/i18D,19D. The summed E-state index contributed by atoms with van der Waals surface area (Å²) in [5.41, 5.74) is 8.80. The molecule has 0 saturated carbocycles. The minimum absolute atomic E-state index is 0.177. The Morgan fingerprint density at radius 3 is 1.51 bits per heavy atom. The van der Waals surface area contributed by atoms with Gasteiger partial charge in [-0.3, -0.25) is 0 Å². The third kappa shape index (κ3) is 3.12. The van der Waals surface area contributed by atoms with E-state index in [1.54, 1.807) is 0 Å². The van der Waals surface area contributed by atoms with Crippen molar-refractivity contribution in [3.05, 3.63) is 114 Å². The van der Waals surface area contributed by atoms with Crippen LogP contribution >= 0.6 is 0 Å². The Morgan fingerprint density at radius 2 is 1.03 bits per heavy atom. The van der Waals surface area contributed by atoms with Crippen LogP contribution in [0.15, 0.2) is 103 Å². The first-order valence-electron chi connectivity index (χ1n) is 12.9. The van der Waals surface area contributed by atoms with Crippen molar-refractivity contribution >= 4 is 23.1 Å². The lowest BCUT2D eigenvalue weighted by atomic mass is 9.35. The van der Waals surface area contributed by atoms with Gasteiger partial charge in [0.25, 0.3) is 6.71 Å². The van der Waals surface area contributed by atoms with Crippen molar-refractivity contribution in [1.29, 1.82) is 0 Å². The largest absolute Gasteiger partial charge is 0.458 e. The Bertz CT molecular complexity index is 1620. The summed E-state index contributed by atoms with van der Waals surface area (Å²) < 4.78 is 31.1. The molecule has 5 aromatic carbocycles. The molecule has 35 heavy (non-hydrogen) atoms. The summed E-state index contributed by atoms with van der Waals surface area (Å²) in [5, 5.41) is 0. The van der Waals surface area contributed by atoms with Crippen molar-refractivity contribution in [1.82, 2.24) is 0 Å². The van der Waals surface area contributed by atoms with Crippen LogP contribution in [0.3, 0.4) is 0 Å². The van der Waals surface area contributed by atoms with Crippen LogP contribution in [0.4, 0.5) is 0 Å². The molecule has 0 bridgehead atoms. The molecule has 0 aromatic heterocycles.